The van der Waals surface area contributed by atoms with Crippen molar-refractivity contribution in [3.63, 3.8) is 0 Å². The Balaban J connectivity index is 1.57. The zero-order chi connectivity index (χ0) is 21.1. The van der Waals surface area contributed by atoms with Gasteiger partial charge in [-0.3, -0.25) is 9.10 Å². The molecule has 1 fully saturated rings. The van der Waals surface area contributed by atoms with Crippen LogP contribution in [0.4, 0.5) is 5.69 Å². The number of nitrogens with one attached hydrogen (secondary N) is 1. The van der Waals surface area contributed by atoms with Crippen molar-refractivity contribution in [2.75, 3.05) is 11.4 Å². The summed E-state index contributed by atoms with van der Waals surface area (Å²) in [4.78, 5) is 13.0. The highest BCUT2D eigenvalue weighted by atomic mass is 32.2. The van der Waals surface area contributed by atoms with Crippen molar-refractivity contribution in [3.8, 4) is 0 Å². The Hall–Kier alpha value is -3.12. The average molecular weight is 421 g/mol. The van der Waals surface area contributed by atoms with Crippen molar-refractivity contribution in [1.82, 2.24) is 5.32 Å². The predicted molar refractivity (Wildman–Crippen MR) is 118 cm³/mol. The maximum Gasteiger partial charge on any atom is 0.264 e. The molecule has 1 atom stereocenters. The van der Waals surface area contributed by atoms with Gasteiger partial charge in [-0.1, -0.05) is 54.6 Å². The lowest BCUT2D eigenvalue weighted by atomic mass is 10.0. The van der Waals surface area contributed by atoms with E-state index in [9.17, 15) is 13.2 Å². The first kappa shape index (κ1) is 20.2. The molecule has 6 heteroatoms. The minimum atomic E-state index is -3.78. The molecule has 5 nitrogen and oxygen atoms in total. The lowest BCUT2D eigenvalue weighted by molar-refractivity contribution is 0.0931. The Labute approximate surface area is 177 Å². The molecule has 1 unspecified atom stereocenters. The molecule has 1 aliphatic carbocycles. The molecule has 1 saturated carbocycles. The van der Waals surface area contributed by atoms with Crippen LogP contribution in [0.5, 0.6) is 0 Å². The molecule has 0 aromatic heterocycles. The van der Waals surface area contributed by atoms with E-state index < -0.39 is 10.0 Å². The maximum absolute atomic E-state index is 13.1. The average Bonchev–Trinajstić information content (AvgIpc) is 3.63. The first-order valence-electron chi connectivity index (χ1n) is 9.96. The first-order valence-corrected chi connectivity index (χ1v) is 11.4. The SMILES string of the molecule is CN(c1ccccc1)S(=O)(=O)c1cccc(C(=O)NC(c2ccccc2)C2CC2)c1. The van der Waals surface area contributed by atoms with Crippen LogP contribution >= 0.6 is 0 Å². The highest BCUT2D eigenvalue weighted by molar-refractivity contribution is 7.92. The number of hydrogen-bond acceptors (Lipinski definition) is 3. The van der Waals surface area contributed by atoms with Gasteiger partial charge in [0, 0.05) is 12.6 Å². The molecule has 0 aliphatic heterocycles. The Kier molecular flexibility index (Phi) is 5.59. The van der Waals surface area contributed by atoms with Crippen molar-refractivity contribution in [2.24, 2.45) is 5.92 Å². The number of amides is 1. The normalized spacial score (nSPS) is 14.7. The van der Waals surface area contributed by atoms with Crippen molar-refractivity contribution in [2.45, 2.75) is 23.8 Å². The van der Waals surface area contributed by atoms with Gasteiger partial charge in [0.15, 0.2) is 0 Å². The van der Waals surface area contributed by atoms with Crippen molar-refractivity contribution >= 4 is 21.6 Å². The smallest absolute Gasteiger partial charge is 0.264 e. The van der Waals surface area contributed by atoms with E-state index in [0.29, 0.717) is 17.2 Å². The van der Waals surface area contributed by atoms with E-state index in [2.05, 4.69) is 5.32 Å². The molecular formula is C24H24N2O3S. The van der Waals surface area contributed by atoms with Gasteiger partial charge in [0.1, 0.15) is 0 Å². The lowest BCUT2D eigenvalue weighted by Gasteiger charge is -2.21. The van der Waals surface area contributed by atoms with Crippen LogP contribution < -0.4 is 9.62 Å². The zero-order valence-corrected chi connectivity index (χ0v) is 17.5. The fourth-order valence-electron chi connectivity index (χ4n) is 3.52. The number of carbonyl (C=O) groups excluding carboxylic acids is 1. The second-order valence-electron chi connectivity index (χ2n) is 7.54. The van der Waals surface area contributed by atoms with Gasteiger partial charge in [-0.2, -0.15) is 0 Å². The fourth-order valence-corrected chi connectivity index (χ4v) is 4.76. The molecule has 1 N–H and O–H groups in total. The molecule has 0 heterocycles. The van der Waals surface area contributed by atoms with Crippen LogP contribution in [0.1, 0.15) is 34.8 Å². The summed E-state index contributed by atoms with van der Waals surface area (Å²) < 4.78 is 27.4. The molecule has 3 aromatic carbocycles. The van der Waals surface area contributed by atoms with E-state index in [1.165, 1.54) is 23.5 Å². The van der Waals surface area contributed by atoms with Crippen LogP contribution in [0, 0.1) is 5.92 Å². The first-order chi connectivity index (χ1) is 14.5. The second kappa shape index (κ2) is 8.32. The summed E-state index contributed by atoms with van der Waals surface area (Å²) in [6.45, 7) is 0. The zero-order valence-electron chi connectivity index (χ0n) is 16.7. The van der Waals surface area contributed by atoms with Crippen molar-refractivity contribution < 1.29 is 13.2 Å². The molecule has 0 saturated heterocycles. The highest BCUT2D eigenvalue weighted by Crippen LogP contribution is 2.41. The molecule has 1 aliphatic rings. The van der Waals surface area contributed by atoms with Gasteiger partial charge in [-0.25, -0.2) is 8.42 Å². The van der Waals surface area contributed by atoms with Crippen molar-refractivity contribution in [3.05, 3.63) is 96.1 Å². The van der Waals surface area contributed by atoms with Crippen LogP contribution in [0.15, 0.2) is 89.8 Å². The van der Waals surface area contributed by atoms with Crippen LogP contribution in [0.2, 0.25) is 0 Å². The quantitative estimate of drug-likeness (QED) is 0.616. The lowest BCUT2D eigenvalue weighted by Crippen LogP contribution is -2.30. The second-order valence-corrected chi connectivity index (χ2v) is 9.50. The van der Waals surface area contributed by atoms with Crippen LogP contribution in [-0.4, -0.2) is 21.4 Å². The van der Waals surface area contributed by atoms with Crippen LogP contribution in [0.25, 0.3) is 0 Å². The summed E-state index contributed by atoms with van der Waals surface area (Å²) in [6, 6.07) is 24.9. The number of nitrogens with zero attached hydrogens (tertiary/aromatic N) is 1. The van der Waals surface area contributed by atoms with Crippen LogP contribution in [0.3, 0.4) is 0 Å². The molecule has 3 aromatic rings. The Morgan fingerprint density at radius 3 is 2.20 bits per heavy atom. The summed E-state index contributed by atoms with van der Waals surface area (Å²) >= 11 is 0. The third-order valence-corrected chi connectivity index (χ3v) is 7.19. The molecule has 0 radical (unpaired) electrons. The van der Waals surface area contributed by atoms with E-state index in [-0.39, 0.29) is 16.8 Å². The maximum atomic E-state index is 13.1. The van der Waals surface area contributed by atoms with E-state index in [1.54, 1.807) is 36.4 Å². The molecule has 30 heavy (non-hydrogen) atoms. The van der Waals surface area contributed by atoms with E-state index in [4.69, 9.17) is 0 Å². The highest BCUT2D eigenvalue weighted by Gasteiger charge is 2.33. The minimum Gasteiger partial charge on any atom is -0.345 e. The summed E-state index contributed by atoms with van der Waals surface area (Å²) in [7, 11) is -2.27. The van der Waals surface area contributed by atoms with Gasteiger partial charge in [0.25, 0.3) is 15.9 Å². The Morgan fingerprint density at radius 1 is 0.933 bits per heavy atom. The van der Waals surface area contributed by atoms with Crippen LogP contribution in [-0.2, 0) is 10.0 Å². The number of para-hydroxylation sites is 1. The van der Waals surface area contributed by atoms with Gasteiger partial charge in [-0.05, 0) is 54.7 Å². The van der Waals surface area contributed by atoms with E-state index >= 15 is 0 Å². The molecule has 1 amide bonds. The summed E-state index contributed by atoms with van der Waals surface area (Å²) in [5, 5.41) is 3.10. The van der Waals surface area contributed by atoms with Gasteiger partial charge >= 0.3 is 0 Å². The molecule has 4 rings (SSSR count). The monoisotopic (exact) mass is 420 g/mol. The Bertz CT molecular complexity index is 1130. The van der Waals surface area contributed by atoms with E-state index in [1.807, 2.05) is 36.4 Å². The fraction of sp³-hybridized carbons (Fsp3) is 0.208. The standard InChI is InChI=1S/C24H24N2O3S/c1-26(21-12-6-3-7-13-21)30(28,29)22-14-8-11-20(17-22)24(27)25-23(19-15-16-19)18-9-4-2-5-10-18/h2-14,17,19,23H,15-16H2,1H3,(H,25,27). The Morgan fingerprint density at radius 2 is 1.57 bits per heavy atom. The number of benzene rings is 3. The van der Waals surface area contributed by atoms with Gasteiger partial charge in [0.05, 0.1) is 16.6 Å². The summed E-state index contributed by atoms with van der Waals surface area (Å²) in [5.41, 5.74) is 1.96. The largest absolute Gasteiger partial charge is 0.345 e. The summed E-state index contributed by atoms with van der Waals surface area (Å²) in [6.07, 6.45) is 2.16. The number of rotatable bonds is 7. The molecule has 0 bridgehead atoms. The van der Waals surface area contributed by atoms with Gasteiger partial charge < -0.3 is 5.32 Å². The third-order valence-electron chi connectivity index (χ3n) is 5.41. The van der Waals surface area contributed by atoms with Gasteiger partial charge in [-0.15, -0.1) is 0 Å². The molecular weight excluding hydrogens is 396 g/mol. The number of carbonyl (C=O) groups is 1. The molecule has 0 spiro atoms. The predicted octanol–water partition coefficient (Wildman–Crippen LogP) is 4.39. The minimum absolute atomic E-state index is 0.0639. The number of anilines is 1. The number of sulfonamides is 1. The molecule has 154 valence electrons. The topological polar surface area (TPSA) is 66.5 Å². The van der Waals surface area contributed by atoms with Crippen molar-refractivity contribution in [1.29, 1.82) is 0 Å². The van der Waals surface area contributed by atoms with E-state index in [0.717, 1.165) is 18.4 Å². The third kappa shape index (κ3) is 4.24. The summed E-state index contributed by atoms with van der Waals surface area (Å²) in [5.74, 6) is 0.155. The van der Waals surface area contributed by atoms with Gasteiger partial charge in [0.2, 0.25) is 0 Å². The number of hydrogen-bond donors (Lipinski definition) is 1.